The van der Waals surface area contributed by atoms with Gasteiger partial charge in [0.05, 0.1) is 13.7 Å². The summed E-state index contributed by atoms with van der Waals surface area (Å²) in [6.07, 6.45) is 0. The normalized spacial score (nSPS) is 13.2. The lowest BCUT2D eigenvalue weighted by Gasteiger charge is -2.36. The SMILES string of the molecule is COc1cc2oc(C)c(COS(=O)(=O)O)c2cc1O[Si](C)(C)C(C)(C)C. The number of rotatable bonds is 6. The first-order valence-electron chi connectivity index (χ1n) is 8.16. The van der Waals surface area contributed by atoms with Gasteiger partial charge in [-0.15, -0.1) is 0 Å². The number of furan rings is 1. The fourth-order valence-corrected chi connectivity index (χ4v) is 3.54. The molecule has 0 aliphatic rings. The van der Waals surface area contributed by atoms with Crippen LogP contribution in [0.5, 0.6) is 11.5 Å². The third-order valence-corrected chi connectivity index (χ3v) is 9.56. The van der Waals surface area contributed by atoms with Crippen molar-refractivity contribution in [2.45, 2.75) is 52.4 Å². The Morgan fingerprint density at radius 3 is 2.31 bits per heavy atom. The molecule has 0 aliphatic carbocycles. The number of aryl methyl sites for hydroxylation is 1. The Bertz CT molecular complexity index is 907. The number of hydrogen-bond donors (Lipinski definition) is 1. The second-order valence-electron chi connectivity index (χ2n) is 7.69. The Hall–Kier alpha value is -1.55. The lowest BCUT2D eigenvalue weighted by molar-refractivity contribution is 0.259. The minimum atomic E-state index is -4.55. The van der Waals surface area contributed by atoms with E-state index in [4.69, 9.17) is 18.1 Å². The van der Waals surface area contributed by atoms with Crippen molar-refractivity contribution in [3.63, 3.8) is 0 Å². The van der Waals surface area contributed by atoms with Gasteiger partial charge in [-0.2, -0.15) is 8.42 Å². The molecule has 0 spiro atoms. The summed E-state index contributed by atoms with van der Waals surface area (Å²) in [6.45, 7) is 12.0. The van der Waals surface area contributed by atoms with Crippen molar-refractivity contribution in [2.24, 2.45) is 0 Å². The fraction of sp³-hybridized carbons (Fsp3) is 0.529. The van der Waals surface area contributed by atoms with E-state index in [9.17, 15) is 8.42 Å². The molecule has 1 aromatic carbocycles. The molecule has 146 valence electrons. The van der Waals surface area contributed by atoms with Crippen molar-refractivity contribution < 1.29 is 30.7 Å². The summed E-state index contributed by atoms with van der Waals surface area (Å²) in [5.41, 5.74) is 1.05. The second-order valence-corrected chi connectivity index (χ2v) is 13.5. The summed E-state index contributed by atoms with van der Waals surface area (Å²) in [6, 6.07) is 3.48. The van der Waals surface area contributed by atoms with E-state index in [1.54, 1.807) is 26.2 Å². The average molecular weight is 403 g/mol. The Kier molecular flexibility index (Phi) is 5.49. The molecule has 0 saturated heterocycles. The first-order valence-corrected chi connectivity index (χ1v) is 12.4. The molecule has 0 amide bonds. The smallest absolute Gasteiger partial charge is 0.397 e. The zero-order valence-electron chi connectivity index (χ0n) is 16.2. The van der Waals surface area contributed by atoms with Crippen molar-refractivity contribution in [3.8, 4) is 11.5 Å². The van der Waals surface area contributed by atoms with E-state index >= 15 is 0 Å². The molecule has 26 heavy (non-hydrogen) atoms. The van der Waals surface area contributed by atoms with Gasteiger partial charge in [0.2, 0.25) is 0 Å². The topological polar surface area (TPSA) is 95.2 Å². The quantitative estimate of drug-likeness (QED) is 0.563. The van der Waals surface area contributed by atoms with Crippen LogP contribution >= 0.6 is 0 Å². The molecule has 0 fully saturated rings. The van der Waals surface area contributed by atoms with Crippen molar-refractivity contribution in [2.75, 3.05) is 7.11 Å². The van der Waals surface area contributed by atoms with Crippen LogP contribution in [0.3, 0.4) is 0 Å². The van der Waals surface area contributed by atoms with Gasteiger partial charge in [0.1, 0.15) is 17.1 Å². The van der Waals surface area contributed by atoms with E-state index < -0.39 is 18.7 Å². The average Bonchev–Trinajstić information content (AvgIpc) is 2.76. The first kappa shape index (κ1) is 20.8. The van der Waals surface area contributed by atoms with Gasteiger partial charge in [-0.1, -0.05) is 20.8 Å². The standard InChI is InChI=1S/C17H26O7SSi/c1-11-13(10-22-25(18,19)20)12-8-16(15(21-5)9-14(12)23-11)24-26(6,7)17(2,3)4/h8-9H,10H2,1-7H3,(H,18,19,20). The highest BCUT2D eigenvalue weighted by Crippen LogP contribution is 2.42. The molecule has 1 heterocycles. The van der Waals surface area contributed by atoms with Gasteiger partial charge in [0.15, 0.2) is 5.75 Å². The molecular weight excluding hydrogens is 376 g/mol. The number of fused-ring (bicyclic) bond motifs is 1. The molecular formula is C17H26O7SSi. The molecule has 0 bridgehead atoms. The maximum atomic E-state index is 10.9. The summed E-state index contributed by atoms with van der Waals surface area (Å²) in [5.74, 6) is 1.61. The third-order valence-electron chi connectivity index (χ3n) is 4.80. The van der Waals surface area contributed by atoms with Crippen molar-refractivity contribution in [3.05, 3.63) is 23.5 Å². The van der Waals surface area contributed by atoms with Gasteiger partial charge in [0.25, 0.3) is 8.32 Å². The van der Waals surface area contributed by atoms with Crippen LogP contribution in [0.25, 0.3) is 11.0 Å². The molecule has 7 nitrogen and oxygen atoms in total. The molecule has 0 aliphatic heterocycles. The van der Waals surface area contributed by atoms with Crippen molar-refractivity contribution in [1.29, 1.82) is 0 Å². The van der Waals surface area contributed by atoms with E-state index in [2.05, 4.69) is 38.0 Å². The first-order chi connectivity index (χ1) is 11.7. The van der Waals surface area contributed by atoms with E-state index in [0.717, 1.165) is 0 Å². The monoisotopic (exact) mass is 402 g/mol. The van der Waals surface area contributed by atoms with Crippen LogP contribution < -0.4 is 9.16 Å². The Labute approximate surface area is 155 Å². The predicted octanol–water partition coefficient (Wildman–Crippen LogP) is 4.45. The Balaban J connectivity index is 2.54. The fourth-order valence-electron chi connectivity index (χ4n) is 2.26. The molecule has 0 atom stereocenters. The van der Waals surface area contributed by atoms with Gasteiger partial charge in [-0.05, 0) is 31.1 Å². The number of hydrogen-bond acceptors (Lipinski definition) is 6. The summed E-state index contributed by atoms with van der Waals surface area (Å²) >= 11 is 0. The lowest BCUT2D eigenvalue weighted by Crippen LogP contribution is -2.43. The van der Waals surface area contributed by atoms with Crippen LogP contribution in [0.2, 0.25) is 18.1 Å². The van der Waals surface area contributed by atoms with Gasteiger partial charge in [-0.25, -0.2) is 4.18 Å². The summed E-state index contributed by atoms with van der Waals surface area (Å²) < 4.78 is 52.7. The van der Waals surface area contributed by atoms with Crippen LogP contribution in [0, 0.1) is 6.92 Å². The predicted molar refractivity (Wildman–Crippen MR) is 102 cm³/mol. The van der Waals surface area contributed by atoms with Crippen LogP contribution in [0.15, 0.2) is 16.5 Å². The highest BCUT2D eigenvalue weighted by atomic mass is 32.3. The summed E-state index contributed by atoms with van der Waals surface area (Å²) in [7, 11) is -5.11. The number of ether oxygens (including phenoxy) is 1. The van der Waals surface area contributed by atoms with Gasteiger partial charge in [0, 0.05) is 17.0 Å². The van der Waals surface area contributed by atoms with E-state index in [-0.39, 0.29) is 11.6 Å². The number of benzene rings is 1. The minimum absolute atomic E-state index is 0.00378. The van der Waals surface area contributed by atoms with Gasteiger partial charge < -0.3 is 13.6 Å². The van der Waals surface area contributed by atoms with E-state index in [1.807, 2.05) is 0 Å². The van der Waals surface area contributed by atoms with Crippen LogP contribution in [0.4, 0.5) is 0 Å². The number of methoxy groups -OCH3 is 1. The lowest BCUT2D eigenvalue weighted by atomic mass is 10.1. The third kappa shape index (κ3) is 4.40. The molecule has 9 heteroatoms. The van der Waals surface area contributed by atoms with Crippen molar-refractivity contribution >= 4 is 29.7 Å². The van der Waals surface area contributed by atoms with E-state index in [0.29, 0.717) is 33.8 Å². The highest BCUT2D eigenvalue weighted by molar-refractivity contribution is 7.80. The van der Waals surface area contributed by atoms with Crippen LogP contribution in [-0.2, 0) is 21.2 Å². The Morgan fingerprint density at radius 2 is 1.81 bits per heavy atom. The summed E-state index contributed by atoms with van der Waals surface area (Å²) in [5, 5.41) is 0.650. The Morgan fingerprint density at radius 1 is 1.19 bits per heavy atom. The highest BCUT2D eigenvalue weighted by Gasteiger charge is 2.39. The van der Waals surface area contributed by atoms with Crippen LogP contribution in [-0.4, -0.2) is 28.4 Å². The summed E-state index contributed by atoms with van der Waals surface area (Å²) in [4.78, 5) is 0. The van der Waals surface area contributed by atoms with Gasteiger partial charge >= 0.3 is 10.4 Å². The van der Waals surface area contributed by atoms with E-state index in [1.165, 1.54) is 0 Å². The molecule has 0 radical (unpaired) electrons. The van der Waals surface area contributed by atoms with Gasteiger partial charge in [-0.3, -0.25) is 4.55 Å². The second kappa shape index (κ2) is 6.88. The molecule has 0 unspecified atom stereocenters. The van der Waals surface area contributed by atoms with Crippen molar-refractivity contribution in [1.82, 2.24) is 0 Å². The zero-order chi connectivity index (χ0) is 19.9. The minimum Gasteiger partial charge on any atom is -0.541 e. The molecule has 2 aromatic rings. The molecule has 1 aromatic heterocycles. The molecule has 0 saturated carbocycles. The zero-order valence-corrected chi connectivity index (χ0v) is 18.0. The molecule has 1 N–H and O–H groups in total. The maximum Gasteiger partial charge on any atom is 0.397 e. The molecule has 2 rings (SSSR count). The van der Waals surface area contributed by atoms with Crippen LogP contribution in [0.1, 0.15) is 32.1 Å². The maximum absolute atomic E-state index is 10.9. The largest absolute Gasteiger partial charge is 0.541 e.